The van der Waals surface area contributed by atoms with Gasteiger partial charge in [-0.2, -0.15) is 10.1 Å². The second kappa shape index (κ2) is 10.2. The predicted molar refractivity (Wildman–Crippen MR) is 128 cm³/mol. The maximum atomic E-state index is 14.6. The lowest BCUT2D eigenvalue weighted by atomic mass is 10.0. The van der Waals surface area contributed by atoms with Crippen LogP contribution in [0.5, 0.6) is 0 Å². The number of hydrogen-bond donors (Lipinski definition) is 2. The minimum atomic E-state index is -0.960. The average molecular weight is 475 g/mol. The van der Waals surface area contributed by atoms with Gasteiger partial charge in [-0.1, -0.05) is 42.1 Å². The van der Waals surface area contributed by atoms with Crippen molar-refractivity contribution in [2.45, 2.75) is 17.7 Å². The third kappa shape index (κ3) is 5.27. The SMILES string of the molecule is CN(C)C(=N)NCCCC1(c2ccccc2)SC(c2cc(F)ccc2F)=NN1C(=O)N(C)C. The fourth-order valence-electron chi connectivity index (χ4n) is 3.43. The number of carbonyl (C=O) groups is 1. The van der Waals surface area contributed by atoms with Gasteiger partial charge in [-0.25, -0.2) is 13.6 Å². The summed E-state index contributed by atoms with van der Waals surface area (Å²) in [6, 6.07) is 12.3. The highest BCUT2D eigenvalue weighted by atomic mass is 32.2. The molecule has 0 aliphatic carbocycles. The minimum absolute atomic E-state index is 0.0156. The molecule has 0 saturated carbocycles. The van der Waals surface area contributed by atoms with E-state index in [-0.39, 0.29) is 22.6 Å². The van der Waals surface area contributed by atoms with Gasteiger partial charge >= 0.3 is 6.03 Å². The monoisotopic (exact) mass is 474 g/mol. The first-order chi connectivity index (χ1) is 15.7. The number of halogens is 2. The van der Waals surface area contributed by atoms with E-state index in [1.54, 1.807) is 33.1 Å². The molecule has 176 valence electrons. The Morgan fingerprint density at radius 1 is 1.12 bits per heavy atom. The fourth-order valence-corrected chi connectivity index (χ4v) is 4.84. The number of benzene rings is 2. The molecular formula is C23H28F2N6OS. The van der Waals surface area contributed by atoms with Crippen molar-refractivity contribution in [2.75, 3.05) is 34.7 Å². The highest BCUT2D eigenvalue weighted by Crippen LogP contribution is 2.50. The number of amides is 2. The van der Waals surface area contributed by atoms with Crippen LogP contribution in [0.3, 0.4) is 0 Å². The van der Waals surface area contributed by atoms with Crippen molar-refractivity contribution in [3.8, 4) is 0 Å². The highest BCUT2D eigenvalue weighted by Gasteiger charge is 2.49. The molecule has 1 unspecified atom stereocenters. The number of urea groups is 1. The maximum absolute atomic E-state index is 14.6. The number of nitrogens with zero attached hydrogens (tertiary/aromatic N) is 4. The van der Waals surface area contributed by atoms with Crippen molar-refractivity contribution < 1.29 is 13.6 Å². The van der Waals surface area contributed by atoms with Crippen LogP contribution in [-0.4, -0.2) is 66.6 Å². The Labute approximate surface area is 196 Å². The van der Waals surface area contributed by atoms with Crippen molar-refractivity contribution in [2.24, 2.45) is 5.10 Å². The largest absolute Gasteiger partial charge is 0.356 e. The quantitative estimate of drug-likeness (QED) is 0.376. The van der Waals surface area contributed by atoms with E-state index in [2.05, 4.69) is 10.4 Å². The molecule has 0 aromatic heterocycles. The second-order valence-electron chi connectivity index (χ2n) is 8.04. The molecule has 1 aliphatic heterocycles. The van der Waals surface area contributed by atoms with E-state index in [9.17, 15) is 13.6 Å². The first kappa shape index (κ1) is 24.5. The third-order valence-corrected chi connectivity index (χ3v) is 6.62. The predicted octanol–water partition coefficient (Wildman–Crippen LogP) is 4.08. The first-order valence-electron chi connectivity index (χ1n) is 10.5. The van der Waals surface area contributed by atoms with Gasteiger partial charge in [0.25, 0.3) is 0 Å². The molecule has 0 spiro atoms. The topological polar surface area (TPSA) is 75.0 Å². The van der Waals surface area contributed by atoms with E-state index in [1.807, 2.05) is 30.3 Å². The Kier molecular flexibility index (Phi) is 7.57. The zero-order chi connectivity index (χ0) is 24.2. The van der Waals surface area contributed by atoms with Crippen LogP contribution in [0, 0.1) is 17.0 Å². The van der Waals surface area contributed by atoms with Gasteiger partial charge < -0.3 is 15.1 Å². The molecule has 1 atom stereocenters. The number of carbonyl (C=O) groups excluding carboxylic acids is 1. The Balaban J connectivity index is 2.01. The van der Waals surface area contributed by atoms with Gasteiger partial charge in [-0.15, -0.1) is 0 Å². The Morgan fingerprint density at radius 3 is 2.45 bits per heavy atom. The van der Waals surface area contributed by atoms with Crippen molar-refractivity contribution >= 4 is 28.8 Å². The molecule has 2 amide bonds. The van der Waals surface area contributed by atoms with E-state index in [4.69, 9.17) is 5.41 Å². The molecule has 0 fully saturated rings. The molecule has 0 radical (unpaired) electrons. The molecule has 2 N–H and O–H groups in total. The Bertz CT molecular complexity index is 1050. The number of guanidine groups is 1. The lowest BCUT2D eigenvalue weighted by Crippen LogP contribution is -2.46. The smallest absolute Gasteiger partial charge is 0.341 e. The number of rotatable bonds is 6. The van der Waals surface area contributed by atoms with Gasteiger partial charge in [0.2, 0.25) is 0 Å². The third-order valence-electron chi connectivity index (χ3n) is 5.18. The molecule has 0 saturated heterocycles. The molecule has 0 bridgehead atoms. The average Bonchev–Trinajstić information content (AvgIpc) is 3.18. The summed E-state index contributed by atoms with van der Waals surface area (Å²) in [6.07, 6.45) is 1.07. The Hall–Kier alpha value is -3.14. The zero-order valence-electron chi connectivity index (χ0n) is 19.1. The van der Waals surface area contributed by atoms with Gasteiger partial charge in [-0.3, -0.25) is 5.41 Å². The lowest BCUT2D eigenvalue weighted by molar-refractivity contribution is 0.138. The zero-order valence-corrected chi connectivity index (χ0v) is 19.9. The fraction of sp³-hybridized carbons (Fsp3) is 0.348. The van der Waals surface area contributed by atoms with Crippen LogP contribution in [0.1, 0.15) is 24.0 Å². The van der Waals surface area contributed by atoms with E-state index < -0.39 is 16.5 Å². The number of nitrogens with one attached hydrogen (secondary N) is 2. The van der Waals surface area contributed by atoms with Crippen LogP contribution in [0.4, 0.5) is 13.6 Å². The summed E-state index contributed by atoms with van der Waals surface area (Å²) < 4.78 is 28.6. The molecule has 33 heavy (non-hydrogen) atoms. The van der Waals surface area contributed by atoms with Crippen molar-refractivity contribution in [1.82, 2.24) is 20.1 Å². The van der Waals surface area contributed by atoms with E-state index in [1.165, 1.54) is 21.7 Å². The normalized spacial score (nSPS) is 17.5. The molecule has 10 heteroatoms. The molecule has 2 aromatic carbocycles. The standard InChI is InChI=1S/C23H28F2N6OS/c1-29(2)21(26)27-14-8-13-23(16-9-6-5-7-10-16)31(22(32)30(3)4)28-20(33-23)18-15-17(24)11-12-19(18)25/h5-7,9-12,15H,8,13-14H2,1-4H3,(H2,26,27). The number of hydrogen-bond acceptors (Lipinski definition) is 4. The second-order valence-corrected chi connectivity index (χ2v) is 9.31. The van der Waals surface area contributed by atoms with Gasteiger partial charge in [0, 0.05) is 40.3 Å². The number of thioether (sulfide) groups is 1. The summed E-state index contributed by atoms with van der Waals surface area (Å²) >= 11 is 1.24. The molecule has 7 nitrogen and oxygen atoms in total. The van der Waals surface area contributed by atoms with Crippen LogP contribution in [0.15, 0.2) is 53.6 Å². The molecule has 3 rings (SSSR count). The van der Waals surface area contributed by atoms with Gasteiger partial charge in [0.1, 0.15) is 21.5 Å². The van der Waals surface area contributed by atoms with Gasteiger partial charge in [0.15, 0.2) is 5.96 Å². The Morgan fingerprint density at radius 2 is 1.82 bits per heavy atom. The number of hydrazone groups is 1. The van der Waals surface area contributed by atoms with Crippen LogP contribution in [0.25, 0.3) is 0 Å². The van der Waals surface area contributed by atoms with Crippen molar-refractivity contribution in [3.05, 3.63) is 71.3 Å². The van der Waals surface area contributed by atoms with E-state index >= 15 is 0 Å². The minimum Gasteiger partial charge on any atom is -0.356 e. The summed E-state index contributed by atoms with van der Waals surface area (Å²) in [7, 11) is 6.80. The van der Waals surface area contributed by atoms with Crippen LogP contribution < -0.4 is 5.32 Å². The lowest BCUT2D eigenvalue weighted by Gasteiger charge is -2.37. The van der Waals surface area contributed by atoms with Crippen LogP contribution in [0.2, 0.25) is 0 Å². The molecule has 1 heterocycles. The highest BCUT2D eigenvalue weighted by molar-refractivity contribution is 8.15. The van der Waals surface area contributed by atoms with E-state index in [0.717, 1.165) is 23.8 Å². The molecular weight excluding hydrogens is 446 g/mol. The summed E-state index contributed by atoms with van der Waals surface area (Å²) in [5, 5.41) is 17.1. The summed E-state index contributed by atoms with van der Waals surface area (Å²) in [6.45, 7) is 0.500. The molecule has 2 aromatic rings. The summed E-state index contributed by atoms with van der Waals surface area (Å²) in [5.41, 5.74) is 0.838. The first-order valence-corrected chi connectivity index (χ1v) is 11.3. The van der Waals surface area contributed by atoms with Gasteiger partial charge in [-0.05, 0) is 36.6 Å². The maximum Gasteiger partial charge on any atom is 0.341 e. The van der Waals surface area contributed by atoms with E-state index in [0.29, 0.717) is 19.4 Å². The summed E-state index contributed by atoms with van der Waals surface area (Å²) in [4.78, 5) is 15.3. The van der Waals surface area contributed by atoms with Crippen LogP contribution >= 0.6 is 11.8 Å². The summed E-state index contributed by atoms with van der Waals surface area (Å²) in [5.74, 6) is -0.906. The molecule has 1 aliphatic rings. The van der Waals surface area contributed by atoms with Crippen molar-refractivity contribution in [3.63, 3.8) is 0 Å². The van der Waals surface area contributed by atoms with Crippen molar-refractivity contribution in [1.29, 1.82) is 5.41 Å². The van der Waals surface area contributed by atoms with Gasteiger partial charge in [0.05, 0.1) is 0 Å². The van der Waals surface area contributed by atoms with Crippen LogP contribution in [-0.2, 0) is 4.87 Å².